The summed E-state index contributed by atoms with van der Waals surface area (Å²) in [5, 5.41) is 11.2. The first-order valence-corrected chi connectivity index (χ1v) is 5.87. The predicted octanol–water partition coefficient (Wildman–Crippen LogP) is 2.26. The lowest BCUT2D eigenvalue weighted by atomic mass is 10.0. The average molecular weight is 282 g/mol. The molecule has 0 aliphatic carbocycles. The van der Waals surface area contributed by atoms with Gasteiger partial charge in [-0.25, -0.2) is 9.78 Å². The van der Waals surface area contributed by atoms with Gasteiger partial charge in [0, 0.05) is 11.4 Å². The van der Waals surface area contributed by atoms with Crippen LogP contribution in [0.25, 0.3) is 0 Å². The number of rotatable bonds is 4. The number of aliphatic carboxylic acids is 1. The van der Waals surface area contributed by atoms with Gasteiger partial charge in [0.15, 0.2) is 0 Å². The van der Waals surface area contributed by atoms with Crippen LogP contribution in [0.4, 0.5) is 13.2 Å². The molecular weight excluding hydrogens is 269 g/mol. The van der Waals surface area contributed by atoms with E-state index >= 15 is 0 Å². The molecule has 4 nitrogen and oxygen atoms in total. The van der Waals surface area contributed by atoms with Gasteiger partial charge in [-0.2, -0.15) is 13.2 Å². The SMILES string of the molecule is Cc1nc(CNC(C)(C(=O)O)C(F)(F)F)sc1C. The molecule has 0 amide bonds. The Kier molecular flexibility index (Phi) is 4.02. The number of alkyl halides is 3. The molecule has 0 radical (unpaired) electrons. The number of thiazole rings is 1. The van der Waals surface area contributed by atoms with Gasteiger partial charge < -0.3 is 5.11 Å². The van der Waals surface area contributed by atoms with E-state index in [1.807, 2.05) is 5.32 Å². The van der Waals surface area contributed by atoms with Crippen molar-refractivity contribution in [3.8, 4) is 0 Å². The first-order chi connectivity index (χ1) is 8.08. The lowest BCUT2D eigenvalue weighted by Gasteiger charge is -2.28. The van der Waals surface area contributed by atoms with Gasteiger partial charge in [0.25, 0.3) is 0 Å². The molecule has 0 saturated carbocycles. The zero-order valence-corrected chi connectivity index (χ0v) is 10.9. The topological polar surface area (TPSA) is 62.2 Å². The molecule has 1 rings (SSSR count). The van der Waals surface area contributed by atoms with Crippen molar-refractivity contribution in [2.24, 2.45) is 0 Å². The molecule has 1 heterocycles. The van der Waals surface area contributed by atoms with E-state index in [2.05, 4.69) is 4.98 Å². The Morgan fingerprint density at radius 2 is 2.00 bits per heavy atom. The fourth-order valence-electron chi connectivity index (χ4n) is 1.16. The molecule has 1 aromatic rings. The van der Waals surface area contributed by atoms with Gasteiger partial charge >= 0.3 is 12.1 Å². The van der Waals surface area contributed by atoms with Gasteiger partial charge in [0.2, 0.25) is 5.54 Å². The van der Waals surface area contributed by atoms with Gasteiger partial charge in [-0.1, -0.05) is 0 Å². The van der Waals surface area contributed by atoms with Crippen molar-refractivity contribution in [1.82, 2.24) is 10.3 Å². The van der Waals surface area contributed by atoms with E-state index in [1.54, 1.807) is 13.8 Å². The molecule has 0 saturated heterocycles. The summed E-state index contributed by atoms with van der Waals surface area (Å²) in [5.41, 5.74) is -2.23. The number of hydrogen-bond acceptors (Lipinski definition) is 4. The number of aryl methyl sites for hydroxylation is 2. The van der Waals surface area contributed by atoms with E-state index in [9.17, 15) is 18.0 Å². The summed E-state index contributed by atoms with van der Waals surface area (Å²) in [5.74, 6) is -1.96. The van der Waals surface area contributed by atoms with Crippen molar-refractivity contribution in [2.75, 3.05) is 0 Å². The third kappa shape index (κ3) is 2.81. The van der Waals surface area contributed by atoms with Crippen LogP contribution in [0.3, 0.4) is 0 Å². The predicted molar refractivity (Wildman–Crippen MR) is 60.5 cm³/mol. The Morgan fingerprint density at radius 1 is 1.44 bits per heavy atom. The van der Waals surface area contributed by atoms with E-state index in [-0.39, 0.29) is 6.54 Å². The van der Waals surface area contributed by atoms with E-state index < -0.39 is 17.7 Å². The number of carboxylic acids is 1. The first kappa shape index (κ1) is 14.9. The van der Waals surface area contributed by atoms with Crippen LogP contribution in [0.1, 0.15) is 22.5 Å². The Bertz CT molecular complexity index is 439. The van der Waals surface area contributed by atoms with Crippen LogP contribution in [-0.4, -0.2) is 27.8 Å². The molecule has 2 N–H and O–H groups in total. The van der Waals surface area contributed by atoms with Gasteiger partial charge in [-0.15, -0.1) is 11.3 Å². The highest BCUT2D eigenvalue weighted by Gasteiger charge is 2.57. The van der Waals surface area contributed by atoms with Crippen LogP contribution in [0.2, 0.25) is 0 Å². The van der Waals surface area contributed by atoms with Crippen LogP contribution in [-0.2, 0) is 11.3 Å². The zero-order valence-electron chi connectivity index (χ0n) is 10.1. The van der Waals surface area contributed by atoms with E-state index in [1.165, 1.54) is 11.3 Å². The number of carboxylic acid groups (broad SMARTS) is 1. The van der Waals surface area contributed by atoms with E-state index in [4.69, 9.17) is 5.11 Å². The van der Waals surface area contributed by atoms with Gasteiger partial charge in [0.1, 0.15) is 5.01 Å². The first-order valence-electron chi connectivity index (χ1n) is 5.06. The fraction of sp³-hybridized carbons (Fsp3) is 0.600. The van der Waals surface area contributed by atoms with Crippen molar-refractivity contribution < 1.29 is 23.1 Å². The highest BCUT2D eigenvalue weighted by Crippen LogP contribution is 2.31. The Hall–Kier alpha value is -1.15. The molecule has 1 unspecified atom stereocenters. The molecule has 102 valence electrons. The second kappa shape index (κ2) is 4.85. The number of nitrogens with one attached hydrogen (secondary N) is 1. The zero-order chi connectivity index (χ0) is 14.1. The largest absolute Gasteiger partial charge is 0.480 e. The highest BCUT2D eigenvalue weighted by molar-refractivity contribution is 7.11. The maximum atomic E-state index is 12.7. The summed E-state index contributed by atoms with van der Waals surface area (Å²) in [6.07, 6.45) is -4.87. The van der Waals surface area contributed by atoms with E-state index in [0.717, 1.165) is 10.6 Å². The van der Waals surface area contributed by atoms with Gasteiger partial charge in [-0.05, 0) is 20.8 Å². The third-order valence-electron chi connectivity index (χ3n) is 2.66. The second-order valence-electron chi connectivity index (χ2n) is 4.03. The normalized spacial score (nSPS) is 15.4. The summed E-state index contributed by atoms with van der Waals surface area (Å²) in [4.78, 5) is 15.7. The molecule has 0 bridgehead atoms. The second-order valence-corrected chi connectivity index (χ2v) is 5.32. The van der Waals surface area contributed by atoms with Crippen molar-refractivity contribution in [3.63, 3.8) is 0 Å². The monoisotopic (exact) mass is 282 g/mol. The van der Waals surface area contributed by atoms with Crippen molar-refractivity contribution in [3.05, 3.63) is 15.6 Å². The Balaban J connectivity index is 2.84. The minimum absolute atomic E-state index is 0.234. The van der Waals surface area contributed by atoms with Crippen LogP contribution in [0.15, 0.2) is 0 Å². The number of aromatic nitrogens is 1. The van der Waals surface area contributed by atoms with Crippen molar-refractivity contribution in [2.45, 2.75) is 39.0 Å². The molecule has 1 atom stereocenters. The third-order valence-corrected chi connectivity index (χ3v) is 3.73. The molecular formula is C10H13F3N2O2S. The fourth-order valence-corrected chi connectivity index (χ4v) is 2.04. The molecule has 0 aliphatic rings. The number of hydrogen-bond donors (Lipinski definition) is 2. The van der Waals surface area contributed by atoms with Gasteiger partial charge in [-0.3, -0.25) is 5.32 Å². The Labute approximate surface area is 106 Å². The molecule has 0 aromatic carbocycles. The summed E-state index contributed by atoms with van der Waals surface area (Å²) in [6, 6.07) is 0. The maximum Gasteiger partial charge on any atom is 0.417 e. The number of carbonyl (C=O) groups is 1. The quantitative estimate of drug-likeness (QED) is 0.889. The lowest BCUT2D eigenvalue weighted by Crippen LogP contribution is -2.59. The Morgan fingerprint density at radius 3 is 2.33 bits per heavy atom. The standard InChI is InChI=1S/C10H13F3N2O2S/c1-5-6(2)18-7(15-5)4-14-9(3,8(16)17)10(11,12)13/h14H,4H2,1-3H3,(H,16,17). The number of halogens is 3. The molecule has 1 aromatic heterocycles. The maximum absolute atomic E-state index is 12.7. The van der Waals surface area contributed by atoms with Gasteiger partial charge in [0.05, 0.1) is 5.69 Å². The number of nitrogens with zero attached hydrogens (tertiary/aromatic N) is 1. The minimum Gasteiger partial charge on any atom is -0.480 e. The smallest absolute Gasteiger partial charge is 0.417 e. The summed E-state index contributed by atoms with van der Waals surface area (Å²) < 4.78 is 38.0. The molecule has 0 spiro atoms. The molecule has 8 heteroatoms. The van der Waals surface area contributed by atoms with Crippen LogP contribution in [0.5, 0.6) is 0 Å². The molecule has 0 aliphatic heterocycles. The summed E-state index contributed by atoms with van der Waals surface area (Å²) in [6.45, 7) is 3.91. The summed E-state index contributed by atoms with van der Waals surface area (Å²) in [7, 11) is 0. The molecule has 0 fully saturated rings. The van der Waals surface area contributed by atoms with Crippen LogP contribution < -0.4 is 5.32 Å². The van der Waals surface area contributed by atoms with Crippen molar-refractivity contribution >= 4 is 17.3 Å². The van der Waals surface area contributed by atoms with Crippen LogP contribution >= 0.6 is 11.3 Å². The summed E-state index contributed by atoms with van der Waals surface area (Å²) >= 11 is 1.24. The lowest BCUT2D eigenvalue weighted by molar-refractivity contribution is -0.206. The minimum atomic E-state index is -4.87. The van der Waals surface area contributed by atoms with Crippen LogP contribution in [0, 0.1) is 13.8 Å². The molecule has 18 heavy (non-hydrogen) atoms. The highest BCUT2D eigenvalue weighted by atomic mass is 32.1. The van der Waals surface area contributed by atoms with E-state index in [0.29, 0.717) is 11.9 Å². The van der Waals surface area contributed by atoms with Crippen molar-refractivity contribution in [1.29, 1.82) is 0 Å². The average Bonchev–Trinajstić information content (AvgIpc) is 2.53.